The van der Waals surface area contributed by atoms with Gasteiger partial charge in [0.25, 0.3) is 0 Å². The number of imidazole rings is 1. The van der Waals surface area contributed by atoms with Crippen molar-refractivity contribution in [2.24, 2.45) is 7.05 Å². The second kappa shape index (κ2) is 3.74. The lowest BCUT2D eigenvalue weighted by molar-refractivity contribution is 0.756. The number of rotatable bonds is 1. The van der Waals surface area contributed by atoms with Crippen LogP contribution in [0.2, 0.25) is 5.02 Å². The minimum atomic E-state index is 0.573. The lowest BCUT2D eigenvalue weighted by atomic mass is 10.2. The van der Waals surface area contributed by atoms with Gasteiger partial charge < -0.3 is 5.73 Å². The minimum Gasteiger partial charge on any atom is -0.383 e. The van der Waals surface area contributed by atoms with E-state index in [4.69, 9.17) is 17.3 Å². The summed E-state index contributed by atoms with van der Waals surface area (Å²) >= 11 is 5.96. The molecule has 0 saturated carbocycles. The van der Waals surface area contributed by atoms with Crippen LogP contribution in [-0.4, -0.2) is 19.2 Å². The third-order valence-corrected chi connectivity index (χ3v) is 3.11. The van der Waals surface area contributed by atoms with E-state index in [0.29, 0.717) is 10.8 Å². The van der Waals surface area contributed by atoms with Crippen molar-refractivity contribution in [2.75, 3.05) is 5.73 Å². The van der Waals surface area contributed by atoms with Gasteiger partial charge in [-0.2, -0.15) is 5.10 Å². The molecule has 0 amide bonds. The van der Waals surface area contributed by atoms with Crippen LogP contribution in [0.4, 0.5) is 5.82 Å². The van der Waals surface area contributed by atoms with Crippen LogP contribution in [0, 0.1) is 6.92 Å². The highest BCUT2D eigenvalue weighted by Gasteiger charge is 2.15. The van der Waals surface area contributed by atoms with Crippen LogP contribution in [0.5, 0.6) is 0 Å². The van der Waals surface area contributed by atoms with E-state index in [1.165, 1.54) is 0 Å². The van der Waals surface area contributed by atoms with Crippen LogP contribution >= 0.6 is 11.6 Å². The Bertz CT molecular complexity index is 740. The van der Waals surface area contributed by atoms with Crippen molar-refractivity contribution >= 4 is 23.1 Å². The second-order valence-corrected chi connectivity index (χ2v) is 4.66. The van der Waals surface area contributed by atoms with E-state index in [0.717, 1.165) is 22.6 Å². The van der Waals surface area contributed by atoms with Gasteiger partial charge in [0.2, 0.25) is 0 Å². The average molecular weight is 262 g/mol. The summed E-state index contributed by atoms with van der Waals surface area (Å²) in [5.41, 5.74) is 9.48. The van der Waals surface area contributed by atoms with E-state index in [1.54, 1.807) is 21.3 Å². The fourth-order valence-electron chi connectivity index (χ4n) is 2.07. The Kier molecular flexibility index (Phi) is 2.31. The summed E-state index contributed by atoms with van der Waals surface area (Å²) in [5, 5.41) is 4.93. The van der Waals surface area contributed by atoms with Gasteiger partial charge in [0.05, 0.1) is 10.7 Å². The van der Waals surface area contributed by atoms with Gasteiger partial charge in [-0.15, -0.1) is 0 Å². The molecule has 0 bridgehead atoms. The maximum Gasteiger partial charge on any atom is 0.139 e. The zero-order valence-corrected chi connectivity index (χ0v) is 10.8. The number of hydrogen-bond donors (Lipinski definition) is 1. The summed E-state index contributed by atoms with van der Waals surface area (Å²) in [6, 6.07) is 3.64. The lowest BCUT2D eigenvalue weighted by Crippen LogP contribution is -1.94. The Morgan fingerprint density at radius 2 is 2.06 bits per heavy atom. The Hall–Kier alpha value is -2.01. The molecule has 0 aliphatic heterocycles. The molecule has 3 rings (SSSR count). The Morgan fingerprint density at radius 1 is 1.28 bits per heavy atom. The SMILES string of the molecule is Cc1nn(C)cc1-c1nc2ccc(Cl)cn2c1N. The summed E-state index contributed by atoms with van der Waals surface area (Å²) < 4.78 is 3.53. The molecule has 2 N–H and O–H groups in total. The molecule has 92 valence electrons. The molecular weight excluding hydrogens is 250 g/mol. The topological polar surface area (TPSA) is 61.1 Å². The van der Waals surface area contributed by atoms with E-state index < -0.39 is 0 Å². The number of halogens is 1. The normalized spacial score (nSPS) is 11.3. The summed E-state index contributed by atoms with van der Waals surface area (Å²) in [4.78, 5) is 4.52. The number of nitrogens with zero attached hydrogens (tertiary/aromatic N) is 4. The Balaban J connectivity index is 2.30. The molecule has 5 nitrogen and oxygen atoms in total. The summed E-state index contributed by atoms with van der Waals surface area (Å²) in [6.45, 7) is 1.94. The standard InChI is InChI=1S/C12H12ClN5/c1-7-9(6-17(2)16-7)11-12(14)18-5-8(13)3-4-10(18)15-11/h3-6H,14H2,1-2H3. The average Bonchev–Trinajstić information content (AvgIpc) is 2.80. The first-order chi connectivity index (χ1) is 8.56. The highest BCUT2D eigenvalue weighted by molar-refractivity contribution is 6.30. The number of anilines is 1. The molecule has 0 aromatic carbocycles. The number of aryl methyl sites for hydroxylation is 2. The third kappa shape index (κ3) is 1.55. The molecular formula is C12H12ClN5. The molecule has 0 aliphatic carbocycles. The van der Waals surface area contributed by atoms with Gasteiger partial charge in [-0.05, 0) is 19.1 Å². The predicted molar refractivity (Wildman–Crippen MR) is 71.6 cm³/mol. The van der Waals surface area contributed by atoms with Gasteiger partial charge in [-0.3, -0.25) is 9.08 Å². The van der Waals surface area contributed by atoms with E-state index in [9.17, 15) is 0 Å². The van der Waals surface area contributed by atoms with Gasteiger partial charge in [0, 0.05) is 25.0 Å². The predicted octanol–water partition coefficient (Wildman–Crippen LogP) is 2.28. The molecule has 3 heterocycles. The summed E-state index contributed by atoms with van der Waals surface area (Å²) in [7, 11) is 1.87. The molecule has 0 aliphatic rings. The number of hydrogen-bond acceptors (Lipinski definition) is 3. The van der Waals surface area contributed by atoms with Crippen molar-refractivity contribution < 1.29 is 0 Å². The van der Waals surface area contributed by atoms with Gasteiger partial charge in [0.15, 0.2) is 0 Å². The summed E-state index contributed by atoms with van der Waals surface area (Å²) in [6.07, 6.45) is 3.67. The first-order valence-electron chi connectivity index (χ1n) is 5.50. The molecule has 18 heavy (non-hydrogen) atoms. The van der Waals surface area contributed by atoms with Crippen LogP contribution in [0.1, 0.15) is 5.69 Å². The van der Waals surface area contributed by atoms with Crippen molar-refractivity contribution in [2.45, 2.75) is 6.92 Å². The van der Waals surface area contributed by atoms with E-state index in [-0.39, 0.29) is 0 Å². The van der Waals surface area contributed by atoms with Gasteiger partial charge in [-0.25, -0.2) is 4.98 Å². The van der Waals surface area contributed by atoms with Crippen LogP contribution in [-0.2, 0) is 7.05 Å². The first kappa shape index (κ1) is 11.1. The third-order valence-electron chi connectivity index (χ3n) is 2.89. The molecule has 0 atom stereocenters. The highest BCUT2D eigenvalue weighted by Crippen LogP contribution is 2.29. The Labute approximate surface area is 109 Å². The lowest BCUT2D eigenvalue weighted by Gasteiger charge is -1.97. The Morgan fingerprint density at radius 3 is 2.72 bits per heavy atom. The number of pyridine rings is 1. The summed E-state index contributed by atoms with van der Waals surface area (Å²) in [5.74, 6) is 0.573. The van der Waals surface area contributed by atoms with E-state index in [1.807, 2.05) is 26.2 Å². The van der Waals surface area contributed by atoms with Gasteiger partial charge in [-0.1, -0.05) is 11.6 Å². The largest absolute Gasteiger partial charge is 0.383 e. The molecule has 0 fully saturated rings. The fourth-order valence-corrected chi connectivity index (χ4v) is 2.23. The van der Waals surface area contributed by atoms with E-state index >= 15 is 0 Å². The van der Waals surface area contributed by atoms with Gasteiger partial charge >= 0.3 is 0 Å². The smallest absolute Gasteiger partial charge is 0.139 e. The molecule has 0 unspecified atom stereocenters. The highest BCUT2D eigenvalue weighted by atomic mass is 35.5. The number of aromatic nitrogens is 4. The monoisotopic (exact) mass is 261 g/mol. The van der Waals surface area contributed by atoms with Crippen molar-refractivity contribution in [1.82, 2.24) is 19.2 Å². The molecule has 6 heteroatoms. The zero-order chi connectivity index (χ0) is 12.9. The number of nitrogen functional groups attached to an aromatic ring is 1. The van der Waals surface area contributed by atoms with Crippen molar-refractivity contribution in [3.63, 3.8) is 0 Å². The van der Waals surface area contributed by atoms with Crippen molar-refractivity contribution in [1.29, 1.82) is 0 Å². The molecule has 0 spiro atoms. The molecule has 0 radical (unpaired) electrons. The molecule has 3 aromatic rings. The van der Waals surface area contributed by atoms with Crippen LogP contribution in [0.3, 0.4) is 0 Å². The molecule has 0 saturated heterocycles. The maximum absolute atomic E-state index is 6.12. The van der Waals surface area contributed by atoms with E-state index in [2.05, 4.69) is 10.1 Å². The number of nitrogens with two attached hydrogens (primary N) is 1. The number of fused-ring (bicyclic) bond motifs is 1. The van der Waals surface area contributed by atoms with Crippen molar-refractivity contribution in [3.8, 4) is 11.3 Å². The second-order valence-electron chi connectivity index (χ2n) is 4.22. The maximum atomic E-state index is 6.12. The fraction of sp³-hybridized carbons (Fsp3) is 0.167. The molecule has 3 aromatic heterocycles. The van der Waals surface area contributed by atoms with Gasteiger partial charge in [0.1, 0.15) is 17.2 Å². The minimum absolute atomic E-state index is 0.573. The van der Waals surface area contributed by atoms with Crippen LogP contribution in [0.15, 0.2) is 24.5 Å². The zero-order valence-electron chi connectivity index (χ0n) is 10.1. The van der Waals surface area contributed by atoms with Crippen LogP contribution in [0.25, 0.3) is 16.9 Å². The quantitative estimate of drug-likeness (QED) is 0.731. The van der Waals surface area contributed by atoms with Crippen LogP contribution < -0.4 is 5.73 Å². The van der Waals surface area contributed by atoms with Crippen molar-refractivity contribution in [3.05, 3.63) is 35.2 Å². The first-order valence-corrected chi connectivity index (χ1v) is 5.88.